The Morgan fingerprint density at radius 2 is 1.46 bits per heavy atom. The van der Waals surface area contributed by atoms with Gasteiger partial charge >= 0.3 is 0 Å². The first kappa shape index (κ1) is 24.8. The lowest BCUT2D eigenvalue weighted by Gasteiger charge is -2.36. The van der Waals surface area contributed by atoms with Gasteiger partial charge in [0.15, 0.2) is 5.82 Å². The third-order valence-corrected chi connectivity index (χ3v) is 8.21. The van der Waals surface area contributed by atoms with Gasteiger partial charge in [-0.15, -0.1) is 10.2 Å². The van der Waals surface area contributed by atoms with Crippen molar-refractivity contribution in [3.05, 3.63) is 71.8 Å². The molecule has 4 rings (SSSR count). The van der Waals surface area contributed by atoms with Gasteiger partial charge in [-0.1, -0.05) is 54.4 Å². The van der Waals surface area contributed by atoms with E-state index in [1.165, 1.54) is 9.87 Å². The van der Waals surface area contributed by atoms with Crippen molar-refractivity contribution in [1.29, 1.82) is 0 Å². The van der Waals surface area contributed by atoms with Crippen LogP contribution in [0.1, 0.15) is 18.1 Å². The highest BCUT2D eigenvalue weighted by Gasteiger charge is 2.29. The number of carbonyl (C=O) groups excluding carboxylic acids is 1. The van der Waals surface area contributed by atoms with Crippen molar-refractivity contribution in [2.45, 2.75) is 25.7 Å². The molecule has 0 N–H and O–H groups in total. The van der Waals surface area contributed by atoms with Crippen molar-refractivity contribution < 1.29 is 13.2 Å². The summed E-state index contributed by atoms with van der Waals surface area (Å²) < 4.78 is 27.3. The summed E-state index contributed by atoms with van der Waals surface area (Å²) in [4.78, 5) is 17.0. The van der Waals surface area contributed by atoms with E-state index in [2.05, 4.69) is 15.1 Å². The SMILES string of the molecule is CCN(CC(=O)N1CCN(c2ccc(-c3ccc(C)cc3)nn2)CC1)S(=O)(=O)c1ccc(C)cc1. The normalized spacial score (nSPS) is 14.4. The molecule has 0 spiro atoms. The number of hydrogen-bond donors (Lipinski definition) is 0. The molecule has 1 fully saturated rings. The molecule has 1 aromatic heterocycles. The van der Waals surface area contributed by atoms with Crippen molar-refractivity contribution in [3.63, 3.8) is 0 Å². The Hall–Kier alpha value is -3.30. The summed E-state index contributed by atoms with van der Waals surface area (Å²) in [7, 11) is -3.73. The number of aryl methyl sites for hydroxylation is 2. The molecule has 0 atom stereocenters. The molecule has 35 heavy (non-hydrogen) atoms. The average molecular weight is 494 g/mol. The third-order valence-electron chi connectivity index (χ3n) is 6.28. The zero-order valence-electron chi connectivity index (χ0n) is 20.4. The lowest BCUT2D eigenvalue weighted by atomic mass is 10.1. The van der Waals surface area contributed by atoms with Crippen molar-refractivity contribution in [2.75, 3.05) is 44.2 Å². The maximum Gasteiger partial charge on any atom is 0.243 e. The molecule has 0 unspecified atom stereocenters. The average Bonchev–Trinajstić information content (AvgIpc) is 2.88. The Balaban J connectivity index is 1.35. The molecule has 0 saturated carbocycles. The monoisotopic (exact) mass is 493 g/mol. The second-order valence-corrected chi connectivity index (χ2v) is 10.7. The third kappa shape index (κ3) is 5.68. The van der Waals surface area contributed by atoms with E-state index in [1.807, 2.05) is 50.2 Å². The molecule has 1 amide bonds. The maximum atomic E-state index is 13.0. The lowest BCUT2D eigenvalue weighted by Crippen LogP contribution is -2.52. The second-order valence-electron chi connectivity index (χ2n) is 8.75. The Morgan fingerprint density at radius 3 is 2.00 bits per heavy atom. The number of nitrogens with zero attached hydrogens (tertiary/aromatic N) is 5. The van der Waals surface area contributed by atoms with Crippen molar-refractivity contribution in [2.24, 2.45) is 0 Å². The Labute approximate surface area is 207 Å². The summed E-state index contributed by atoms with van der Waals surface area (Å²) in [6.45, 7) is 7.98. The van der Waals surface area contributed by atoms with Gasteiger partial charge in [0, 0.05) is 38.3 Å². The zero-order chi connectivity index (χ0) is 25.0. The summed E-state index contributed by atoms with van der Waals surface area (Å²) in [6, 6.07) is 18.8. The van der Waals surface area contributed by atoms with Crippen LogP contribution in [0, 0.1) is 13.8 Å². The number of likely N-dealkylation sites (N-methyl/N-ethyl adjacent to an activating group) is 1. The molecule has 0 bridgehead atoms. The number of amides is 1. The first-order chi connectivity index (χ1) is 16.8. The van der Waals surface area contributed by atoms with Crippen LogP contribution in [0.25, 0.3) is 11.3 Å². The molecule has 0 aliphatic carbocycles. The highest BCUT2D eigenvalue weighted by molar-refractivity contribution is 7.89. The summed E-state index contributed by atoms with van der Waals surface area (Å²) >= 11 is 0. The molecule has 9 heteroatoms. The van der Waals surface area contributed by atoms with Crippen LogP contribution in [-0.2, 0) is 14.8 Å². The van der Waals surface area contributed by atoms with Crippen molar-refractivity contribution >= 4 is 21.7 Å². The van der Waals surface area contributed by atoms with Gasteiger partial charge < -0.3 is 9.80 Å². The van der Waals surface area contributed by atoms with E-state index in [0.29, 0.717) is 26.2 Å². The fraction of sp³-hybridized carbons (Fsp3) is 0.346. The standard InChI is InChI=1S/C26H31N5O3S/c1-4-31(35(33,34)23-11-7-21(3)8-12-23)19-26(32)30-17-15-29(16-18-30)25-14-13-24(27-28-25)22-9-5-20(2)6-10-22/h5-14H,4,15-19H2,1-3H3. The molecule has 1 aliphatic rings. The number of sulfonamides is 1. The molecule has 184 valence electrons. The molecule has 0 radical (unpaired) electrons. The summed E-state index contributed by atoms with van der Waals surface area (Å²) in [5, 5.41) is 8.76. The van der Waals surface area contributed by atoms with Crippen LogP contribution in [0.4, 0.5) is 5.82 Å². The number of hydrogen-bond acceptors (Lipinski definition) is 6. The minimum Gasteiger partial charge on any atom is -0.352 e. The highest BCUT2D eigenvalue weighted by Crippen LogP contribution is 2.21. The topological polar surface area (TPSA) is 86.7 Å². The number of piperazine rings is 1. The van der Waals surface area contributed by atoms with E-state index in [4.69, 9.17) is 0 Å². The van der Waals surface area contributed by atoms with E-state index in [0.717, 1.165) is 22.6 Å². The first-order valence-corrected chi connectivity index (χ1v) is 13.2. The van der Waals surface area contributed by atoms with Gasteiger partial charge in [-0.3, -0.25) is 4.79 Å². The summed E-state index contributed by atoms with van der Waals surface area (Å²) in [6.07, 6.45) is 0. The molecular weight excluding hydrogens is 462 g/mol. The summed E-state index contributed by atoms with van der Waals surface area (Å²) in [5.74, 6) is 0.577. The second kappa shape index (κ2) is 10.5. The molecular formula is C26H31N5O3S. The highest BCUT2D eigenvalue weighted by atomic mass is 32.2. The van der Waals surface area contributed by atoms with E-state index in [-0.39, 0.29) is 23.9 Å². The predicted octanol–water partition coefficient (Wildman–Crippen LogP) is 3.12. The van der Waals surface area contributed by atoms with Crippen molar-refractivity contribution in [3.8, 4) is 11.3 Å². The van der Waals surface area contributed by atoms with Gasteiger partial charge in [0.05, 0.1) is 17.1 Å². The van der Waals surface area contributed by atoms with E-state index in [1.54, 1.807) is 36.1 Å². The zero-order valence-corrected chi connectivity index (χ0v) is 21.2. The van der Waals surface area contributed by atoms with E-state index >= 15 is 0 Å². The minimum absolute atomic E-state index is 0.169. The fourth-order valence-electron chi connectivity index (χ4n) is 4.03. The fourth-order valence-corrected chi connectivity index (χ4v) is 5.43. The molecule has 2 aromatic carbocycles. The van der Waals surface area contributed by atoms with Gasteiger partial charge in [0.2, 0.25) is 15.9 Å². The predicted molar refractivity (Wildman–Crippen MR) is 137 cm³/mol. The Kier molecular flexibility index (Phi) is 7.47. The molecule has 8 nitrogen and oxygen atoms in total. The quantitative estimate of drug-likeness (QED) is 0.503. The van der Waals surface area contributed by atoms with E-state index < -0.39 is 10.0 Å². The number of carbonyl (C=O) groups is 1. The summed E-state index contributed by atoms with van der Waals surface area (Å²) in [5.41, 5.74) is 4.01. The molecule has 1 saturated heterocycles. The molecule has 3 aromatic rings. The maximum absolute atomic E-state index is 13.0. The number of rotatable bonds is 7. The van der Waals surface area contributed by atoms with Crippen molar-refractivity contribution in [1.82, 2.24) is 19.4 Å². The van der Waals surface area contributed by atoms with Gasteiger partial charge in [0.25, 0.3) is 0 Å². The number of benzene rings is 2. The smallest absolute Gasteiger partial charge is 0.243 e. The van der Waals surface area contributed by atoms with Gasteiger partial charge in [-0.25, -0.2) is 8.42 Å². The van der Waals surface area contributed by atoms with Gasteiger partial charge in [-0.2, -0.15) is 4.31 Å². The molecule has 1 aliphatic heterocycles. The lowest BCUT2D eigenvalue weighted by molar-refractivity contribution is -0.131. The van der Waals surface area contributed by atoms with Crippen LogP contribution in [0.15, 0.2) is 65.6 Å². The van der Waals surface area contributed by atoms with Crippen LogP contribution in [-0.4, -0.2) is 73.0 Å². The van der Waals surface area contributed by atoms with Gasteiger partial charge in [0.1, 0.15) is 0 Å². The van der Waals surface area contributed by atoms with Crippen LogP contribution >= 0.6 is 0 Å². The minimum atomic E-state index is -3.73. The van der Waals surface area contributed by atoms with Crippen LogP contribution in [0.2, 0.25) is 0 Å². The number of aromatic nitrogens is 2. The van der Waals surface area contributed by atoms with Crippen LogP contribution in [0.3, 0.4) is 0 Å². The van der Waals surface area contributed by atoms with E-state index in [9.17, 15) is 13.2 Å². The largest absolute Gasteiger partial charge is 0.352 e. The Bertz CT molecular complexity index is 1250. The van der Waals surface area contributed by atoms with Crippen LogP contribution in [0.5, 0.6) is 0 Å². The molecule has 2 heterocycles. The Morgan fingerprint density at radius 1 is 0.857 bits per heavy atom. The first-order valence-electron chi connectivity index (χ1n) is 11.8. The van der Waals surface area contributed by atoms with Gasteiger partial charge in [-0.05, 0) is 38.1 Å². The van der Waals surface area contributed by atoms with Crippen LogP contribution < -0.4 is 4.90 Å². The number of anilines is 1.